The van der Waals surface area contributed by atoms with E-state index in [9.17, 15) is 9.90 Å². The van der Waals surface area contributed by atoms with Crippen LogP contribution in [0.2, 0.25) is 0 Å². The van der Waals surface area contributed by atoms with Gasteiger partial charge in [-0.1, -0.05) is 30.4 Å². The number of carbonyl (C=O) groups excluding carboxylic acids is 1. The summed E-state index contributed by atoms with van der Waals surface area (Å²) in [6.45, 7) is 6.24. The largest absolute Gasteiger partial charge is 0.438 e. The van der Waals surface area contributed by atoms with Crippen molar-refractivity contribution < 1.29 is 14.6 Å². The number of allylic oxidation sites excluding steroid dienone is 1. The Bertz CT molecular complexity index is 853. The van der Waals surface area contributed by atoms with Crippen molar-refractivity contribution in [3.8, 4) is 11.4 Å². The molecule has 1 aliphatic rings. The van der Waals surface area contributed by atoms with E-state index in [1.807, 2.05) is 50.4 Å². The third kappa shape index (κ3) is 4.30. The summed E-state index contributed by atoms with van der Waals surface area (Å²) in [5.74, 6) is 0. The van der Waals surface area contributed by atoms with Gasteiger partial charge in [0.2, 0.25) is 0 Å². The molecule has 1 aliphatic heterocycles. The maximum atomic E-state index is 12.4. The third-order valence-electron chi connectivity index (χ3n) is 5.24. The highest BCUT2D eigenvalue weighted by atomic mass is 16.6. The summed E-state index contributed by atoms with van der Waals surface area (Å²) in [4.78, 5) is 18.2. The molecule has 2 aromatic rings. The predicted molar refractivity (Wildman–Crippen MR) is 108 cm³/mol. The minimum absolute atomic E-state index is 0.332. The molecular formula is C20H28N6O3. The van der Waals surface area contributed by atoms with Crippen LogP contribution in [0, 0.1) is 0 Å². The van der Waals surface area contributed by atoms with E-state index in [2.05, 4.69) is 15.3 Å². The second-order valence-corrected chi connectivity index (χ2v) is 7.44. The quantitative estimate of drug-likeness (QED) is 0.646. The number of carbonyl (C=O) groups is 1. The molecule has 156 valence electrons. The highest BCUT2D eigenvalue weighted by Crippen LogP contribution is 2.35. The van der Waals surface area contributed by atoms with Crippen LogP contribution in [0.15, 0.2) is 42.7 Å². The van der Waals surface area contributed by atoms with Crippen molar-refractivity contribution in [3.05, 3.63) is 42.7 Å². The van der Waals surface area contributed by atoms with E-state index in [-0.39, 0.29) is 6.04 Å². The third-order valence-corrected chi connectivity index (χ3v) is 5.24. The number of aromatic nitrogens is 4. The van der Waals surface area contributed by atoms with E-state index in [1.165, 1.54) is 0 Å². The van der Waals surface area contributed by atoms with Gasteiger partial charge in [-0.2, -0.15) is 0 Å². The summed E-state index contributed by atoms with van der Waals surface area (Å²) < 4.78 is 7.24. The van der Waals surface area contributed by atoms with Crippen molar-refractivity contribution >= 4 is 6.09 Å². The summed E-state index contributed by atoms with van der Waals surface area (Å²) in [5.41, 5.74) is 6.56. The van der Waals surface area contributed by atoms with Gasteiger partial charge in [0.1, 0.15) is 5.69 Å². The lowest BCUT2D eigenvalue weighted by molar-refractivity contribution is -0.0642. The number of hydrogen-bond acceptors (Lipinski definition) is 7. The van der Waals surface area contributed by atoms with Crippen molar-refractivity contribution in [1.29, 1.82) is 0 Å². The van der Waals surface area contributed by atoms with E-state index >= 15 is 0 Å². The average Bonchev–Trinajstić information content (AvgIpc) is 3.28. The Kier molecular flexibility index (Phi) is 6.29. The van der Waals surface area contributed by atoms with Gasteiger partial charge < -0.3 is 15.6 Å². The molecule has 3 N–H and O–H groups in total. The highest BCUT2D eigenvalue weighted by molar-refractivity contribution is 5.72. The smallest absolute Gasteiger partial charge is 0.411 e. The summed E-state index contributed by atoms with van der Waals surface area (Å²) in [6.07, 6.45) is 6.51. The number of nitrogens with two attached hydrogens (primary N) is 1. The molecule has 3 rings (SSSR count). The van der Waals surface area contributed by atoms with Crippen LogP contribution < -0.4 is 5.73 Å². The van der Waals surface area contributed by atoms with Gasteiger partial charge in [-0.15, -0.1) is 5.10 Å². The zero-order valence-electron chi connectivity index (χ0n) is 17.0. The molecule has 29 heavy (non-hydrogen) atoms. The van der Waals surface area contributed by atoms with Crippen LogP contribution in [0.5, 0.6) is 0 Å². The topological polar surface area (TPSA) is 119 Å². The second-order valence-electron chi connectivity index (χ2n) is 7.44. The lowest BCUT2D eigenvalue weighted by atomic mass is 9.85. The van der Waals surface area contributed by atoms with E-state index in [0.29, 0.717) is 25.2 Å². The van der Waals surface area contributed by atoms with Gasteiger partial charge in [-0.05, 0) is 32.4 Å². The van der Waals surface area contributed by atoms with Crippen molar-refractivity contribution in [2.75, 3.05) is 6.54 Å². The van der Waals surface area contributed by atoms with E-state index < -0.39 is 23.8 Å². The SMILES string of the molecule is CC[C@@H](O)[C@@]1(C)OC(=O)N(C/C=C/Cn2cc(-c3ccccn3)nn2)[C@@H]1[C@@H](C)N. The predicted octanol–water partition coefficient (Wildman–Crippen LogP) is 1.59. The summed E-state index contributed by atoms with van der Waals surface area (Å²) in [7, 11) is 0. The monoisotopic (exact) mass is 400 g/mol. The molecule has 2 aromatic heterocycles. The van der Waals surface area contributed by atoms with Crippen LogP contribution in [-0.4, -0.2) is 66.4 Å². The van der Waals surface area contributed by atoms with Crippen LogP contribution in [0.3, 0.4) is 0 Å². The molecule has 0 unspecified atom stereocenters. The molecule has 3 heterocycles. The van der Waals surface area contributed by atoms with Crippen molar-refractivity contribution in [1.82, 2.24) is 24.9 Å². The number of rotatable bonds is 8. The average molecular weight is 400 g/mol. The van der Waals surface area contributed by atoms with Gasteiger partial charge in [-0.3, -0.25) is 9.88 Å². The Morgan fingerprint density at radius 3 is 2.76 bits per heavy atom. The number of hydrogen-bond donors (Lipinski definition) is 2. The molecule has 0 spiro atoms. The highest BCUT2D eigenvalue weighted by Gasteiger charge is 2.55. The van der Waals surface area contributed by atoms with Gasteiger partial charge in [0, 0.05) is 18.8 Å². The fourth-order valence-electron chi connectivity index (χ4n) is 3.78. The van der Waals surface area contributed by atoms with Crippen molar-refractivity contribution in [2.45, 2.75) is 57.5 Å². The lowest BCUT2D eigenvalue weighted by Gasteiger charge is -2.37. The Labute approximate surface area is 170 Å². The first-order chi connectivity index (χ1) is 13.9. The summed E-state index contributed by atoms with van der Waals surface area (Å²) >= 11 is 0. The standard InChI is InChI=1S/C20H28N6O3/c1-4-17(27)20(3)18(14(2)21)26(19(28)29-20)12-8-7-11-25-13-16(23-24-25)15-9-5-6-10-22-15/h5-10,13-14,17-18,27H,4,11-12,21H2,1-3H3/b8-7+/t14-,17-,18-,20-/m1/s1. The Morgan fingerprint density at radius 1 is 1.34 bits per heavy atom. The van der Waals surface area contributed by atoms with Crippen LogP contribution in [0.1, 0.15) is 27.2 Å². The van der Waals surface area contributed by atoms with Crippen molar-refractivity contribution in [2.24, 2.45) is 5.73 Å². The summed E-state index contributed by atoms with van der Waals surface area (Å²) in [6, 6.07) is 4.85. The molecule has 0 radical (unpaired) electrons. The van der Waals surface area contributed by atoms with E-state index in [1.54, 1.807) is 22.7 Å². The maximum Gasteiger partial charge on any atom is 0.411 e. The minimum atomic E-state index is -1.03. The van der Waals surface area contributed by atoms with Crippen molar-refractivity contribution in [3.63, 3.8) is 0 Å². The van der Waals surface area contributed by atoms with Gasteiger partial charge >= 0.3 is 6.09 Å². The summed E-state index contributed by atoms with van der Waals surface area (Å²) in [5, 5.41) is 18.6. The zero-order chi connectivity index (χ0) is 21.0. The van der Waals surface area contributed by atoms with Gasteiger partial charge in [0.25, 0.3) is 0 Å². The number of aliphatic hydroxyl groups excluding tert-OH is 1. The maximum absolute atomic E-state index is 12.4. The van der Waals surface area contributed by atoms with Crippen LogP contribution in [0.4, 0.5) is 4.79 Å². The number of cyclic esters (lactones) is 1. The Morgan fingerprint density at radius 2 is 2.10 bits per heavy atom. The molecule has 1 saturated heterocycles. The molecule has 0 bridgehead atoms. The van der Waals surface area contributed by atoms with Crippen LogP contribution >= 0.6 is 0 Å². The first kappa shape index (κ1) is 20.9. The normalized spacial score (nSPS) is 24.1. The molecule has 0 aliphatic carbocycles. The number of nitrogens with zero attached hydrogens (tertiary/aromatic N) is 5. The first-order valence-electron chi connectivity index (χ1n) is 9.76. The number of amides is 1. The molecule has 0 saturated carbocycles. The molecule has 4 atom stereocenters. The zero-order valence-corrected chi connectivity index (χ0v) is 17.0. The first-order valence-corrected chi connectivity index (χ1v) is 9.76. The van der Waals surface area contributed by atoms with E-state index in [0.717, 1.165) is 5.69 Å². The molecule has 0 aromatic carbocycles. The number of pyridine rings is 1. The fraction of sp³-hybridized carbons (Fsp3) is 0.500. The second kappa shape index (κ2) is 8.71. The Hall–Kier alpha value is -2.78. The van der Waals surface area contributed by atoms with Crippen LogP contribution in [0.25, 0.3) is 11.4 Å². The fourth-order valence-corrected chi connectivity index (χ4v) is 3.78. The number of aliphatic hydroxyl groups is 1. The lowest BCUT2D eigenvalue weighted by Crippen LogP contribution is -2.58. The molecule has 9 nitrogen and oxygen atoms in total. The molecule has 1 amide bonds. The molecular weight excluding hydrogens is 372 g/mol. The molecule has 1 fully saturated rings. The van der Waals surface area contributed by atoms with Gasteiger partial charge in [0.05, 0.1) is 30.6 Å². The van der Waals surface area contributed by atoms with Gasteiger partial charge in [0.15, 0.2) is 5.60 Å². The van der Waals surface area contributed by atoms with Gasteiger partial charge in [-0.25, -0.2) is 9.48 Å². The minimum Gasteiger partial charge on any atom is -0.438 e. The number of ether oxygens (including phenoxy) is 1. The molecule has 9 heteroatoms. The Balaban J connectivity index is 1.64. The van der Waals surface area contributed by atoms with E-state index in [4.69, 9.17) is 10.5 Å². The van der Waals surface area contributed by atoms with Crippen LogP contribution in [-0.2, 0) is 11.3 Å².